The molecular weight excluding hydrogens is 498 g/mol. The summed E-state index contributed by atoms with van der Waals surface area (Å²) >= 11 is 0. The van der Waals surface area contributed by atoms with Crippen molar-refractivity contribution in [3.05, 3.63) is 66.6 Å². The van der Waals surface area contributed by atoms with Crippen LogP contribution in [0.25, 0.3) is 5.69 Å². The molecule has 4 rings (SSSR count). The number of para-hydroxylation sites is 1. The van der Waals surface area contributed by atoms with Crippen LogP contribution >= 0.6 is 24.0 Å². The van der Waals surface area contributed by atoms with Crippen LogP contribution < -0.4 is 15.5 Å². The van der Waals surface area contributed by atoms with Gasteiger partial charge >= 0.3 is 0 Å². The number of halogens is 2. The van der Waals surface area contributed by atoms with Crippen LogP contribution in [0.15, 0.2) is 60.0 Å². The summed E-state index contributed by atoms with van der Waals surface area (Å²) in [4.78, 5) is 10.4. The second-order valence-electron chi connectivity index (χ2n) is 6.76. The lowest BCUT2D eigenvalue weighted by Gasteiger charge is -2.20. The second kappa shape index (κ2) is 10.3. The first-order valence-corrected chi connectivity index (χ1v) is 9.51. The Bertz CT molecular complexity index is 978. The fourth-order valence-corrected chi connectivity index (χ4v) is 3.42. The Labute approximate surface area is 191 Å². The summed E-state index contributed by atoms with van der Waals surface area (Å²) < 4.78 is 15.9. The molecule has 1 aromatic carbocycles. The van der Waals surface area contributed by atoms with Crippen molar-refractivity contribution >= 4 is 35.8 Å². The topological polar surface area (TPSA) is 83.3 Å². The molecule has 1 aliphatic heterocycles. The molecule has 10 heteroatoms. The summed E-state index contributed by atoms with van der Waals surface area (Å²) in [6.07, 6.45) is 4.18. The van der Waals surface area contributed by atoms with Crippen LogP contribution in [0.2, 0.25) is 0 Å². The van der Waals surface area contributed by atoms with E-state index >= 15 is 0 Å². The first-order chi connectivity index (χ1) is 14.2. The molecule has 2 N–H and O–H groups in total. The maximum Gasteiger partial charge on any atom is 0.191 e. The highest BCUT2D eigenvalue weighted by Gasteiger charge is 2.26. The number of aromatic nitrogens is 4. The van der Waals surface area contributed by atoms with Gasteiger partial charge in [0.15, 0.2) is 23.4 Å². The number of pyridine rings is 1. The van der Waals surface area contributed by atoms with Gasteiger partial charge in [0.25, 0.3) is 0 Å². The average Bonchev–Trinajstić information content (AvgIpc) is 3.41. The van der Waals surface area contributed by atoms with Crippen molar-refractivity contribution in [2.45, 2.75) is 19.0 Å². The molecule has 0 bridgehead atoms. The predicted molar refractivity (Wildman–Crippen MR) is 125 cm³/mol. The van der Waals surface area contributed by atoms with Crippen LogP contribution in [0.1, 0.15) is 12.2 Å². The monoisotopic (exact) mass is 522 g/mol. The molecule has 1 atom stereocenters. The molecule has 2 aromatic heterocycles. The van der Waals surface area contributed by atoms with E-state index in [1.807, 2.05) is 39.8 Å². The van der Waals surface area contributed by atoms with Gasteiger partial charge in [-0.05, 0) is 30.7 Å². The molecule has 1 saturated heterocycles. The van der Waals surface area contributed by atoms with Crippen molar-refractivity contribution in [1.82, 2.24) is 30.4 Å². The van der Waals surface area contributed by atoms with Crippen LogP contribution in [0.5, 0.6) is 0 Å². The number of rotatable bonds is 5. The Kier molecular flexibility index (Phi) is 7.55. The maximum atomic E-state index is 14.0. The molecule has 1 unspecified atom stereocenters. The van der Waals surface area contributed by atoms with Crippen LogP contribution in [0, 0.1) is 5.82 Å². The van der Waals surface area contributed by atoms with E-state index in [1.54, 1.807) is 25.6 Å². The molecule has 0 amide bonds. The predicted octanol–water partition coefficient (Wildman–Crippen LogP) is 2.36. The average molecular weight is 522 g/mol. The Morgan fingerprint density at radius 1 is 1.23 bits per heavy atom. The molecule has 30 heavy (non-hydrogen) atoms. The van der Waals surface area contributed by atoms with Gasteiger partial charge in [-0.3, -0.25) is 9.56 Å². The number of aliphatic imine (C=N–C) groups is 1. The summed E-state index contributed by atoms with van der Waals surface area (Å²) in [6.45, 7) is 1.87. The summed E-state index contributed by atoms with van der Waals surface area (Å²) in [5, 5.41) is 14.9. The van der Waals surface area contributed by atoms with Gasteiger partial charge in [0.1, 0.15) is 6.33 Å². The highest BCUT2D eigenvalue weighted by Crippen LogP contribution is 2.20. The van der Waals surface area contributed by atoms with Gasteiger partial charge in [-0.1, -0.05) is 18.2 Å². The Morgan fingerprint density at radius 2 is 2.07 bits per heavy atom. The highest BCUT2D eigenvalue weighted by molar-refractivity contribution is 14.0. The minimum atomic E-state index is -0.295. The smallest absolute Gasteiger partial charge is 0.191 e. The normalized spacial score (nSPS) is 16.3. The minimum absolute atomic E-state index is 0. The zero-order valence-corrected chi connectivity index (χ0v) is 18.9. The quantitative estimate of drug-likeness (QED) is 0.304. The zero-order valence-electron chi connectivity index (χ0n) is 16.6. The highest BCUT2D eigenvalue weighted by atomic mass is 127. The van der Waals surface area contributed by atoms with Crippen LogP contribution in [0.4, 0.5) is 10.2 Å². The molecule has 0 spiro atoms. The lowest BCUT2D eigenvalue weighted by atomic mass is 10.3. The third kappa shape index (κ3) is 5.04. The number of nitrogens with one attached hydrogen (secondary N) is 2. The summed E-state index contributed by atoms with van der Waals surface area (Å²) in [6, 6.07) is 13.1. The van der Waals surface area contributed by atoms with Gasteiger partial charge in [-0.15, -0.1) is 34.2 Å². The summed E-state index contributed by atoms with van der Waals surface area (Å²) in [7, 11) is 1.72. The third-order valence-electron chi connectivity index (χ3n) is 4.86. The van der Waals surface area contributed by atoms with E-state index in [2.05, 4.69) is 30.8 Å². The summed E-state index contributed by atoms with van der Waals surface area (Å²) in [5.74, 6) is 1.55. The van der Waals surface area contributed by atoms with Crippen molar-refractivity contribution in [1.29, 1.82) is 0 Å². The number of hydrogen-bond donors (Lipinski definition) is 2. The number of benzene rings is 1. The van der Waals surface area contributed by atoms with Gasteiger partial charge in [0.05, 0.1) is 6.54 Å². The largest absolute Gasteiger partial charge is 0.352 e. The van der Waals surface area contributed by atoms with E-state index < -0.39 is 0 Å². The second-order valence-corrected chi connectivity index (χ2v) is 6.76. The van der Waals surface area contributed by atoms with Gasteiger partial charge in [0, 0.05) is 38.1 Å². The standard InChI is InChI=1S/C20H23FN8.HI/c1-22-20(24-12-18-27-25-14-29(18)16-6-3-2-4-7-16)26-15-9-11-28(13-15)19-17(21)8-5-10-23-19;/h2-8,10,14-15H,9,11-13H2,1H3,(H2,22,24,26);1H. The molecule has 0 radical (unpaired) electrons. The number of guanidine groups is 1. The lowest BCUT2D eigenvalue weighted by molar-refractivity contribution is 0.612. The van der Waals surface area contributed by atoms with Gasteiger partial charge in [-0.2, -0.15) is 0 Å². The fraction of sp³-hybridized carbons (Fsp3) is 0.300. The first kappa shape index (κ1) is 21.9. The van der Waals surface area contributed by atoms with E-state index in [1.165, 1.54) is 6.07 Å². The first-order valence-electron chi connectivity index (χ1n) is 9.51. The van der Waals surface area contributed by atoms with Crippen molar-refractivity contribution in [3.63, 3.8) is 0 Å². The van der Waals surface area contributed by atoms with E-state index in [4.69, 9.17) is 0 Å². The SMILES string of the molecule is CN=C(NCc1nncn1-c1ccccc1)NC1CCN(c2ncccc2F)C1.I. The zero-order chi connectivity index (χ0) is 20.1. The van der Waals surface area contributed by atoms with Gasteiger partial charge < -0.3 is 15.5 Å². The summed E-state index contributed by atoms with van der Waals surface area (Å²) in [5.41, 5.74) is 1.00. The maximum absolute atomic E-state index is 14.0. The number of anilines is 1. The van der Waals surface area contributed by atoms with E-state index in [-0.39, 0.29) is 35.8 Å². The number of hydrogen-bond acceptors (Lipinski definition) is 5. The Morgan fingerprint density at radius 3 is 2.83 bits per heavy atom. The number of nitrogens with zero attached hydrogens (tertiary/aromatic N) is 6. The van der Waals surface area contributed by atoms with E-state index in [9.17, 15) is 4.39 Å². The molecule has 1 fully saturated rings. The van der Waals surface area contributed by atoms with Crippen LogP contribution in [-0.4, -0.2) is 51.9 Å². The molecule has 1 aliphatic rings. The molecule has 8 nitrogen and oxygen atoms in total. The fourth-order valence-electron chi connectivity index (χ4n) is 3.42. The van der Waals surface area contributed by atoms with E-state index in [0.29, 0.717) is 24.9 Å². The van der Waals surface area contributed by atoms with Gasteiger partial charge in [-0.25, -0.2) is 9.37 Å². The minimum Gasteiger partial charge on any atom is -0.352 e. The molecular formula is C20H24FIN8. The lowest BCUT2D eigenvalue weighted by Crippen LogP contribution is -2.44. The molecule has 0 aliphatic carbocycles. The van der Waals surface area contributed by atoms with E-state index in [0.717, 1.165) is 24.5 Å². The van der Waals surface area contributed by atoms with Crippen molar-refractivity contribution in [2.24, 2.45) is 4.99 Å². The van der Waals surface area contributed by atoms with Gasteiger partial charge in [0.2, 0.25) is 0 Å². The third-order valence-corrected chi connectivity index (χ3v) is 4.86. The van der Waals surface area contributed by atoms with Crippen LogP contribution in [0.3, 0.4) is 0 Å². The molecule has 158 valence electrons. The van der Waals surface area contributed by atoms with Crippen molar-refractivity contribution < 1.29 is 4.39 Å². The Hall–Kier alpha value is -2.76. The molecule has 3 heterocycles. The van der Waals surface area contributed by atoms with Crippen LogP contribution in [-0.2, 0) is 6.54 Å². The molecule has 0 saturated carbocycles. The molecule has 3 aromatic rings. The van der Waals surface area contributed by atoms with Crippen molar-refractivity contribution in [3.8, 4) is 5.69 Å². The Balaban J connectivity index is 0.00000256. The van der Waals surface area contributed by atoms with Crippen molar-refractivity contribution in [2.75, 3.05) is 25.0 Å².